The average molecular weight is 320 g/mol. The van der Waals surface area contributed by atoms with Crippen LogP contribution in [0.25, 0.3) is 0 Å². The summed E-state index contributed by atoms with van der Waals surface area (Å²) < 4.78 is 6.78. The summed E-state index contributed by atoms with van der Waals surface area (Å²) in [4.78, 5) is 0. The molecule has 0 saturated heterocycles. The van der Waals surface area contributed by atoms with Crippen LogP contribution < -0.4 is 0 Å². The Bertz CT molecular complexity index is 569. The number of ether oxygens (including phenoxy) is 1. The fourth-order valence-corrected chi connectivity index (χ4v) is 2.62. The molecule has 0 radical (unpaired) electrons. The number of alkyl halides is 1. The van der Waals surface area contributed by atoms with Gasteiger partial charge in [0, 0.05) is 17.7 Å². The molecule has 102 valence electrons. The molecule has 0 spiro atoms. The fraction of sp³-hybridized carbons (Fsp3) is 0.308. The van der Waals surface area contributed by atoms with Gasteiger partial charge in [0.05, 0.1) is 24.7 Å². The average Bonchev–Trinajstić information content (AvgIpc) is 2.69. The van der Waals surface area contributed by atoms with Gasteiger partial charge in [-0.25, -0.2) is 4.68 Å². The molecule has 1 aromatic heterocycles. The number of aromatic nitrogens is 2. The minimum Gasteiger partial charge on any atom is -0.378 e. The van der Waals surface area contributed by atoms with Crippen LogP contribution in [0.5, 0.6) is 0 Å². The van der Waals surface area contributed by atoms with Gasteiger partial charge in [-0.1, -0.05) is 41.4 Å². The largest absolute Gasteiger partial charge is 0.378 e. The van der Waals surface area contributed by atoms with Crippen molar-refractivity contribution in [3.05, 3.63) is 51.3 Å². The van der Waals surface area contributed by atoms with Crippen molar-refractivity contribution < 1.29 is 4.74 Å². The molecule has 0 amide bonds. The van der Waals surface area contributed by atoms with Crippen LogP contribution in [-0.4, -0.2) is 16.9 Å². The highest BCUT2D eigenvalue weighted by Gasteiger charge is 2.16. The van der Waals surface area contributed by atoms with E-state index in [1.165, 1.54) is 0 Å². The number of hydrogen-bond acceptors (Lipinski definition) is 2. The number of halogens is 3. The Morgan fingerprint density at radius 3 is 2.63 bits per heavy atom. The lowest BCUT2D eigenvalue weighted by atomic mass is 10.2. The van der Waals surface area contributed by atoms with E-state index in [9.17, 15) is 0 Å². The summed E-state index contributed by atoms with van der Waals surface area (Å²) in [6.07, 6.45) is 0. The minimum atomic E-state index is 0.306. The summed E-state index contributed by atoms with van der Waals surface area (Å²) in [6, 6.07) is 7.59. The van der Waals surface area contributed by atoms with Crippen LogP contribution in [0.4, 0.5) is 0 Å². The third-order valence-electron chi connectivity index (χ3n) is 2.76. The molecule has 0 N–H and O–H groups in total. The van der Waals surface area contributed by atoms with E-state index in [4.69, 9.17) is 39.5 Å². The molecule has 0 saturated carbocycles. The Hall–Kier alpha value is -0.740. The Morgan fingerprint density at radius 2 is 2.00 bits per heavy atom. The Morgan fingerprint density at radius 1 is 1.26 bits per heavy atom. The summed E-state index contributed by atoms with van der Waals surface area (Å²) in [6.45, 7) is 0.892. The zero-order valence-corrected chi connectivity index (χ0v) is 12.6. The fourth-order valence-electron chi connectivity index (χ4n) is 1.80. The summed E-state index contributed by atoms with van der Waals surface area (Å²) >= 11 is 18.3. The van der Waals surface area contributed by atoms with Gasteiger partial charge in [-0.05, 0) is 11.6 Å². The van der Waals surface area contributed by atoms with E-state index in [1.54, 1.807) is 11.8 Å². The maximum absolute atomic E-state index is 6.28. The highest BCUT2D eigenvalue weighted by atomic mass is 35.5. The van der Waals surface area contributed by atoms with Gasteiger partial charge in [-0.3, -0.25) is 0 Å². The second-order valence-electron chi connectivity index (χ2n) is 4.03. The van der Waals surface area contributed by atoms with Crippen molar-refractivity contribution in [1.82, 2.24) is 9.78 Å². The second kappa shape index (κ2) is 6.62. The van der Waals surface area contributed by atoms with E-state index in [0.717, 1.165) is 16.8 Å². The zero-order chi connectivity index (χ0) is 13.8. The van der Waals surface area contributed by atoms with Gasteiger partial charge in [0.15, 0.2) is 0 Å². The molecule has 0 unspecified atom stereocenters. The smallest absolute Gasteiger partial charge is 0.132 e. The van der Waals surface area contributed by atoms with Crippen molar-refractivity contribution in [1.29, 1.82) is 0 Å². The Balaban J connectivity index is 2.33. The lowest BCUT2D eigenvalue weighted by Crippen LogP contribution is -2.03. The van der Waals surface area contributed by atoms with Crippen molar-refractivity contribution in [2.45, 2.75) is 19.0 Å². The SMILES string of the molecule is COCc1nn(Cc2ccccc2Cl)c(Cl)c1CCl. The predicted molar refractivity (Wildman–Crippen MR) is 78.1 cm³/mol. The highest BCUT2D eigenvalue weighted by molar-refractivity contribution is 6.32. The van der Waals surface area contributed by atoms with Gasteiger partial charge in [0.1, 0.15) is 5.15 Å². The molecule has 0 aliphatic heterocycles. The van der Waals surface area contributed by atoms with Crippen LogP contribution in [0.15, 0.2) is 24.3 Å². The van der Waals surface area contributed by atoms with Crippen LogP contribution in [0.1, 0.15) is 16.8 Å². The van der Waals surface area contributed by atoms with Crippen molar-refractivity contribution in [2.75, 3.05) is 7.11 Å². The van der Waals surface area contributed by atoms with Gasteiger partial charge in [0.25, 0.3) is 0 Å². The summed E-state index contributed by atoms with van der Waals surface area (Å²) in [7, 11) is 1.61. The first-order valence-electron chi connectivity index (χ1n) is 5.69. The van der Waals surface area contributed by atoms with Crippen molar-refractivity contribution >= 4 is 34.8 Å². The van der Waals surface area contributed by atoms with E-state index in [1.807, 2.05) is 24.3 Å². The topological polar surface area (TPSA) is 27.1 Å². The first kappa shape index (κ1) is 14.7. The normalized spacial score (nSPS) is 10.9. The molecule has 0 aliphatic carbocycles. The van der Waals surface area contributed by atoms with Crippen LogP contribution in [-0.2, 0) is 23.8 Å². The monoisotopic (exact) mass is 318 g/mol. The minimum absolute atomic E-state index is 0.306. The lowest BCUT2D eigenvalue weighted by Gasteiger charge is -2.05. The van der Waals surface area contributed by atoms with Crippen LogP contribution >= 0.6 is 34.8 Å². The van der Waals surface area contributed by atoms with E-state index >= 15 is 0 Å². The molecular formula is C13H13Cl3N2O. The number of benzene rings is 1. The Labute approximate surface area is 127 Å². The number of methoxy groups -OCH3 is 1. The molecule has 0 aliphatic rings. The maximum Gasteiger partial charge on any atom is 0.132 e. The van der Waals surface area contributed by atoms with Gasteiger partial charge < -0.3 is 4.74 Å². The van der Waals surface area contributed by atoms with Crippen molar-refractivity contribution in [2.24, 2.45) is 0 Å². The van der Waals surface area contributed by atoms with Gasteiger partial charge in [0.2, 0.25) is 0 Å². The van der Waals surface area contributed by atoms with Crippen molar-refractivity contribution in [3.8, 4) is 0 Å². The first-order valence-corrected chi connectivity index (χ1v) is 6.98. The molecule has 6 heteroatoms. The van der Waals surface area contributed by atoms with Gasteiger partial charge in [-0.15, -0.1) is 11.6 Å². The third-order valence-corrected chi connectivity index (χ3v) is 3.82. The Kier molecular flexibility index (Phi) is 5.11. The standard InChI is InChI=1S/C13H13Cl3N2O/c1-19-8-12-10(6-14)13(16)18(17-12)7-9-4-2-3-5-11(9)15/h2-5H,6-8H2,1H3. The van der Waals surface area contributed by atoms with E-state index in [0.29, 0.717) is 29.2 Å². The molecule has 19 heavy (non-hydrogen) atoms. The van der Waals surface area contributed by atoms with E-state index in [2.05, 4.69) is 5.10 Å². The molecule has 3 nitrogen and oxygen atoms in total. The number of hydrogen-bond donors (Lipinski definition) is 0. The van der Waals surface area contributed by atoms with Crippen LogP contribution in [0.3, 0.4) is 0 Å². The van der Waals surface area contributed by atoms with Crippen molar-refractivity contribution in [3.63, 3.8) is 0 Å². The molecule has 0 fully saturated rings. The summed E-state index contributed by atoms with van der Waals surface area (Å²) in [5.41, 5.74) is 2.52. The highest BCUT2D eigenvalue weighted by Crippen LogP contribution is 2.25. The van der Waals surface area contributed by atoms with Gasteiger partial charge in [-0.2, -0.15) is 5.10 Å². The molecule has 2 rings (SSSR count). The molecule has 0 atom stereocenters. The quantitative estimate of drug-likeness (QED) is 0.775. The molecule has 2 aromatic rings. The molecular weight excluding hydrogens is 307 g/mol. The first-order chi connectivity index (χ1) is 9.17. The van der Waals surface area contributed by atoms with Crippen LogP contribution in [0.2, 0.25) is 10.2 Å². The summed E-state index contributed by atoms with van der Waals surface area (Å²) in [5.74, 6) is 0.306. The third kappa shape index (κ3) is 3.23. The van der Waals surface area contributed by atoms with Crippen LogP contribution in [0, 0.1) is 0 Å². The number of nitrogens with zero attached hydrogens (tertiary/aromatic N) is 2. The zero-order valence-electron chi connectivity index (χ0n) is 10.4. The van der Waals surface area contributed by atoms with E-state index in [-0.39, 0.29) is 0 Å². The molecule has 0 bridgehead atoms. The second-order valence-corrected chi connectivity index (χ2v) is 5.06. The predicted octanol–water partition coefficient (Wildman–Crippen LogP) is 4.12. The molecule has 1 aromatic carbocycles. The molecule has 1 heterocycles. The van der Waals surface area contributed by atoms with E-state index < -0.39 is 0 Å². The number of rotatable bonds is 5. The van der Waals surface area contributed by atoms with Gasteiger partial charge >= 0.3 is 0 Å². The lowest BCUT2D eigenvalue weighted by molar-refractivity contribution is 0.180. The summed E-state index contributed by atoms with van der Waals surface area (Å²) in [5, 5.41) is 5.64. The maximum atomic E-state index is 6.28.